The highest BCUT2D eigenvalue weighted by Crippen LogP contribution is 2.55. The molecule has 0 radical (unpaired) electrons. The Labute approximate surface area is 261 Å². The Kier molecular flexibility index (Phi) is 9.09. The maximum Gasteiger partial charge on any atom is 0.298 e. The van der Waals surface area contributed by atoms with E-state index in [0.717, 1.165) is 50.3 Å². The van der Waals surface area contributed by atoms with Crippen molar-refractivity contribution in [2.75, 3.05) is 19.8 Å². The zero-order valence-corrected chi connectivity index (χ0v) is 25.3. The van der Waals surface area contributed by atoms with Gasteiger partial charge in [-0.05, 0) is 42.3 Å². The number of rotatable bonds is 12. The molecule has 0 unspecified atom stereocenters. The van der Waals surface area contributed by atoms with E-state index in [2.05, 4.69) is 29.0 Å². The normalized spacial score (nSPS) is 12.3. The summed E-state index contributed by atoms with van der Waals surface area (Å²) in [6.45, 7) is 4.62. The molecular weight excluding hydrogens is 603 g/mol. The van der Waals surface area contributed by atoms with Gasteiger partial charge in [-0.1, -0.05) is 24.7 Å². The van der Waals surface area contributed by atoms with Crippen LogP contribution >= 0.6 is 22.7 Å². The lowest BCUT2D eigenvalue weighted by molar-refractivity contribution is -0.121. The van der Waals surface area contributed by atoms with Crippen molar-refractivity contribution in [3.8, 4) is 71.0 Å². The van der Waals surface area contributed by atoms with Crippen LogP contribution in [0.1, 0.15) is 26.2 Å². The Hall–Kier alpha value is -4.81. The molecule has 0 fully saturated rings. The van der Waals surface area contributed by atoms with E-state index in [0.29, 0.717) is 67.0 Å². The molecule has 0 aliphatic carbocycles. The van der Waals surface area contributed by atoms with Crippen molar-refractivity contribution in [3.05, 3.63) is 60.9 Å². The summed E-state index contributed by atoms with van der Waals surface area (Å²) in [5, 5.41) is 0.753. The standard InChI is InChI=1S/C32H27N3O7S2/c1-2-3-11-40-32-30-29(38-12-4-13-39-30)31(44-32)28-6-5-27(43-28)20-7-9-33-23(14-20)25-16-22(42-19-37)17-26(35-25)24-15-21(41-18-36)8-10-34-24/h5-10,14-19H,2-4,11-13H2,1H3. The number of thiophene rings is 2. The second-order valence-electron chi connectivity index (χ2n) is 9.60. The average molecular weight is 630 g/mol. The van der Waals surface area contributed by atoms with Crippen molar-refractivity contribution in [1.29, 1.82) is 0 Å². The van der Waals surface area contributed by atoms with Gasteiger partial charge in [-0.25, -0.2) is 4.98 Å². The van der Waals surface area contributed by atoms with Gasteiger partial charge in [-0.3, -0.25) is 19.6 Å². The number of hydrogen-bond acceptors (Lipinski definition) is 12. The highest BCUT2D eigenvalue weighted by atomic mass is 32.1. The molecule has 44 heavy (non-hydrogen) atoms. The van der Waals surface area contributed by atoms with Gasteiger partial charge >= 0.3 is 0 Å². The number of pyridine rings is 3. The summed E-state index contributed by atoms with van der Waals surface area (Å²) in [7, 11) is 0. The van der Waals surface area contributed by atoms with Crippen LogP contribution in [0.2, 0.25) is 0 Å². The maximum atomic E-state index is 11.2. The largest absolute Gasteiger partial charge is 0.488 e. The van der Waals surface area contributed by atoms with Gasteiger partial charge in [0.25, 0.3) is 12.9 Å². The first-order valence-corrected chi connectivity index (χ1v) is 15.6. The van der Waals surface area contributed by atoms with Crippen LogP contribution in [0, 0.1) is 0 Å². The first-order chi connectivity index (χ1) is 21.7. The van der Waals surface area contributed by atoms with Crippen molar-refractivity contribution in [3.63, 3.8) is 0 Å². The van der Waals surface area contributed by atoms with Gasteiger partial charge in [-0.2, -0.15) is 0 Å². The van der Waals surface area contributed by atoms with E-state index in [9.17, 15) is 9.59 Å². The van der Waals surface area contributed by atoms with Gasteiger partial charge in [0.2, 0.25) is 10.8 Å². The summed E-state index contributed by atoms with van der Waals surface area (Å²) in [4.78, 5) is 38.7. The first kappa shape index (κ1) is 29.3. The monoisotopic (exact) mass is 629 g/mol. The van der Waals surface area contributed by atoms with Gasteiger partial charge in [0, 0.05) is 46.8 Å². The number of fused-ring (bicyclic) bond motifs is 1. The Bertz CT molecular complexity index is 1790. The van der Waals surface area contributed by atoms with Crippen LogP contribution in [-0.2, 0) is 9.59 Å². The van der Waals surface area contributed by atoms with Gasteiger partial charge < -0.3 is 23.7 Å². The molecule has 0 saturated heterocycles. The molecule has 0 amide bonds. The van der Waals surface area contributed by atoms with Crippen molar-refractivity contribution in [2.24, 2.45) is 0 Å². The highest BCUT2D eigenvalue weighted by molar-refractivity contribution is 7.25. The predicted octanol–water partition coefficient (Wildman–Crippen LogP) is 7.07. The summed E-state index contributed by atoms with van der Waals surface area (Å²) in [5.41, 5.74) is 2.84. The quantitative estimate of drug-likeness (QED) is 0.105. The van der Waals surface area contributed by atoms with Gasteiger partial charge in [0.15, 0.2) is 5.75 Å². The Morgan fingerprint density at radius 2 is 1.48 bits per heavy atom. The van der Waals surface area contributed by atoms with Gasteiger partial charge in [0.1, 0.15) is 11.5 Å². The van der Waals surface area contributed by atoms with Crippen LogP contribution in [0.5, 0.6) is 28.1 Å². The third-order valence-electron chi connectivity index (χ3n) is 6.60. The lowest BCUT2D eigenvalue weighted by atomic mass is 10.1. The van der Waals surface area contributed by atoms with Crippen molar-refractivity contribution in [1.82, 2.24) is 15.0 Å². The Morgan fingerprint density at radius 3 is 2.25 bits per heavy atom. The molecule has 0 saturated carbocycles. The number of aromatic nitrogens is 3. The van der Waals surface area contributed by atoms with Gasteiger partial charge in [-0.15, -0.1) is 11.3 Å². The molecule has 6 heterocycles. The van der Waals surface area contributed by atoms with E-state index in [1.807, 2.05) is 12.1 Å². The van der Waals surface area contributed by atoms with E-state index in [1.54, 1.807) is 53.1 Å². The predicted molar refractivity (Wildman–Crippen MR) is 167 cm³/mol. The van der Waals surface area contributed by atoms with E-state index in [1.165, 1.54) is 6.20 Å². The fourth-order valence-electron chi connectivity index (χ4n) is 4.52. The zero-order chi connectivity index (χ0) is 30.3. The smallest absolute Gasteiger partial charge is 0.298 e. The minimum Gasteiger partial charge on any atom is -0.488 e. The van der Waals surface area contributed by atoms with Crippen LogP contribution in [0.4, 0.5) is 0 Å². The minimum absolute atomic E-state index is 0.270. The summed E-state index contributed by atoms with van der Waals surface area (Å²) in [6, 6.07) is 14.3. The summed E-state index contributed by atoms with van der Waals surface area (Å²) in [6.07, 6.45) is 6.04. The minimum atomic E-state index is 0.270. The van der Waals surface area contributed by atoms with Crippen molar-refractivity contribution in [2.45, 2.75) is 26.2 Å². The molecule has 0 aromatic carbocycles. The molecule has 5 aromatic rings. The third-order valence-corrected chi connectivity index (χ3v) is 8.98. The molecule has 0 N–H and O–H groups in total. The average Bonchev–Trinajstić information content (AvgIpc) is 3.59. The fourth-order valence-corrected chi connectivity index (χ4v) is 6.70. The molecule has 5 aromatic heterocycles. The number of nitrogens with zero attached hydrogens (tertiary/aromatic N) is 3. The molecule has 12 heteroatoms. The van der Waals surface area contributed by atoms with E-state index >= 15 is 0 Å². The third kappa shape index (κ3) is 6.41. The van der Waals surface area contributed by atoms with Crippen LogP contribution in [0.25, 0.3) is 43.0 Å². The number of carbonyl (C=O) groups is 2. The zero-order valence-electron chi connectivity index (χ0n) is 23.7. The first-order valence-electron chi connectivity index (χ1n) is 14.0. The van der Waals surface area contributed by atoms with Crippen LogP contribution in [-0.4, -0.2) is 47.7 Å². The van der Waals surface area contributed by atoms with Crippen LogP contribution < -0.4 is 23.7 Å². The topological polar surface area (TPSA) is 119 Å². The molecule has 10 nitrogen and oxygen atoms in total. The Morgan fingerprint density at radius 1 is 0.795 bits per heavy atom. The molecular formula is C32H27N3O7S2. The van der Waals surface area contributed by atoms with E-state index in [-0.39, 0.29) is 5.75 Å². The SMILES string of the molecule is CCCCOc1sc(-c2ccc(-c3ccnc(-c4cc(OC=O)cc(-c5cc(OC=O)ccn5)n4)c3)s2)c2c1OCCCO2. The molecule has 0 atom stereocenters. The molecule has 6 rings (SSSR count). The molecule has 0 spiro atoms. The second-order valence-corrected chi connectivity index (χ2v) is 11.7. The van der Waals surface area contributed by atoms with Crippen molar-refractivity contribution >= 4 is 35.6 Å². The number of unbranched alkanes of at least 4 members (excludes halogenated alkanes) is 1. The number of ether oxygens (including phenoxy) is 5. The summed E-state index contributed by atoms with van der Waals surface area (Å²) >= 11 is 3.18. The van der Waals surface area contributed by atoms with E-state index < -0.39 is 0 Å². The Balaban J connectivity index is 1.33. The molecule has 1 aliphatic rings. The second kappa shape index (κ2) is 13.7. The highest BCUT2D eigenvalue weighted by Gasteiger charge is 2.26. The van der Waals surface area contributed by atoms with Gasteiger partial charge in [0.05, 0.1) is 47.5 Å². The number of hydrogen-bond donors (Lipinski definition) is 0. The van der Waals surface area contributed by atoms with Crippen molar-refractivity contribution < 1.29 is 33.3 Å². The number of carbonyl (C=O) groups excluding carboxylic acids is 2. The molecule has 0 bridgehead atoms. The lowest BCUT2D eigenvalue weighted by Gasteiger charge is -2.09. The lowest BCUT2D eigenvalue weighted by Crippen LogP contribution is -1.99. The van der Waals surface area contributed by atoms with Crippen LogP contribution in [0.15, 0.2) is 60.9 Å². The van der Waals surface area contributed by atoms with E-state index in [4.69, 9.17) is 28.7 Å². The maximum absolute atomic E-state index is 11.2. The summed E-state index contributed by atoms with van der Waals surface area (Å²) in [5.74, 6) is 2.01. The fraction of sp³-hybridized carbons (Fsp3) is 0.219. The molecule has 1 aliphatic heterocycles. The molecule has 224 valence electrons. The summed E-state index contributed by atoms with van der Waals surface area (Å²) < 4.78 is 28.4. The van der Waals surface area contributed by atoms with Crippen LogP contribution in [0.3, 0.4) is 0 Å².